The maximum absolute atomic E-state index is 12.0. The zero-order chi connectivity index (χ0) is 8.43. The second kappa shape index (κ2) is 3.13. The van der Waals surface area contributed by atoms with E-state index in [4.69, 9.17) is 5.11 Å². The smallest absolute Gasteiger partial charge is 0.267 e. The molecule has 0 atom stereocenters. The normalized spacial score (nSPS) is 10.5. The number of pyridine rings is 1. The van der Waals surface area contributed by atoms with Crippen molar-refractivity contribution in [3.05, 3.63) is 22.4 Å². The molecule has 1 rings (SSSR count). The van der Waals surface area contributed by atoms with Crippen LogP contribution >= 0.6 is 15.9 Å². The molecule has 5 heteroatoms. The van der Waals surface area contributed by atoms with Gasteiger partial charge in [0.2, 0.25) is 0 Å². The number of aromatic hydroxyl groups is 1. The Labute approximate surface area is 70.0 Å². The molecule has 0 unspecified atom stereocenters. The van der Waals surface area contributed by atoms with E-state index in [9.17, 15) is 8.78 Å². The molecule has 0 amide bonds. The summed E-state index contributed by atoms with van der Waals surface area (Å²) in [6, 6.07) is 1.07. The van der Waals surface area contributed by atoms with Crippen molar-refractivity contribution < 1.29 is 13.9 Å². The molecule has 0 saturated carbocycles. The standard InChI is InChI=1S/C6H4BrF2NO/c7-5-4(11)3(6(8)9)1-2-10-5/h1-2,6,11H. The van der Waals surface area contributed by atoms with Gasteiger partial charge in [0.1, 0.15) is 4.60 Å². The lowest BCUT2D eigenvalue weighted by molar-refractivity contribution is 0.147. The minimum absolute atomic E-state index is 0.0373. The highest BCUT2D eigenvalue weighted by molar-refractivity contribution is 9.10. The van der Waals surface area contributed by atoms with Crippen LogP contribution < -0.4 is 0 Å². The fourth-order valence-corrected chi connectivity index (χ4v) is 0.965. The van der Waals surface area contributed by atoms with Crippen molar-refractivity contribution in [1.82, 2.24) is 4.98 Å². The molecule has 0 aliphatic carbocycles. The Hall–Kier alpha value is -0.710. The molecule has 1 aromatic heterocycles. The molecule has 1 heterocycles. The van der Waals surface area contributed by atoms with E-state index in [0.717, 1.165) is 6.07 Å². The SMILES string of the molecule is Oc1c(C(F)F)ccnc1Br. The van der Waals surface area contributed by atoms with E-state index < -0.39 is 17.7 Å². The molecule has 11 heavy (non-hydrogen) atoms. The molecule has 0 aliphatic rings. The zero-order valence-corrected chi connectivity index (χ0v) is 6.85. The largest absolute Gasteiger partial charge is 0.505 e. The first-order chi connectivity index (χ1) is 5.13. The number of hydrogen-bond acceptors (Lipinski definition) is 2. The summed E-state index contributed by atoms with van der Waals surface area (Å²) in [4.78, 5) is 3.56. The van der Waals surface area contributed by atoms with Crippen molar-refractivity contribution in [1.29, 1.82) is 0 Å². The molecule has 0 aliphatic heterocycles. The average Bonchev–Trinajstić information content (AvgIpc) is 1.94. The van der Waals surface area contributed by atoms with Crippen molar-refractivity contribution in [2.45, 2.75) is 6.43 Å². The number of alkyl halides is 2. The number of halogens is 3. The summed E-state index contributed by atoms with van der Waals surface area (Å²) < 4.78 is 24.0. The van der Waals surface area contributed by atoms with Crippen molar-refractivity contribution in [2.75, 3.05) is 0 Å². The lowest BCUT2D eigenvalue weighted by Gasteiger charge is -2.02. The lowest BCUT2D eigenvalue weighted by Crippen LogP contribution is -1.87. The summed E-state index contributed by atoms with van der Waals surface area (Å²) in [5.74, 6) is -0.498. The number of nitrogens with zero attached hydrogens (tertiary/aromatic N) is 1. The first kappa shape index (κ1) is 8.39. The van der Waals surface area contributed by atoms with Gasteiger partial charge in [-0.1, -0.05) is 0 Å². The predicted octanol–water partition coefficient (Wildman–Crippen LogP) is 2.49. The predicted molar refractivity (Wildman–Crippen MR) is 38.6 cm³/mol. The van der Waals surface area contributed by atoms with Crippen LogP contribution in [0.3, 0.4) is 0 Å². The summed E-state index contributed by atoms with van der Waals surface area (Å²) in [5.41, 5.74) is -0.410. The molecule has 0 aromatic carbocycles. The van der Waals surface area contributed by atoms with Gasteiger partial charge in [-0.3, -0.25) is 0 Å². The van der Waals surface area contributed by atoms with Gasteiger partial charge >= 0.3 is 0 Å². The van der Waals surface area contributed by atoms with Crippen LogP contribution in [-0.2, 0) is 0 Å². The highest BCUT2D eigenvalue weighted by Crippen LogP contribution is 2.32. The monoisotopic (exact) mass is 223 g/mol. The van der Waals surface area contributed by atoms with E-state index in [-0.39, 0.29) is 4.60 Å². The first-order valence-corrected chi connectivity index (χ1v) is 3.53. The van der Waals surface area contributed by atoms with Gasteiger partial charge < -0.3 is 5.11 Å². The van der Waals surface area contributed by atoms with Crippen LogP contribution in [0.25, 0.3) is 0 Å². The van der Waals surface area contributed by atoms with Crippen molar-refractivity contribution in [3.8, 4) is 5.75 Å². The maximum atomic E-state index is 12.0. The van der Waals surface area contributed by atoms with Gasteiger partial charge in [0, 0.05) is 6.20 Å². The van der Waals surface area contributed by atoms with Crippen LogP contribution in [0.15, 0.2) is 16.9 Å². The van der Waals surface area contributed by atoms with Gasteiger partial charge in [-0.05, 0) is 22.0 Å². The average molecular weight is 224 g/mol. The van der Waals surface area contributed by atoms with E-state index >= 15 is 0 Å². The van der Waals surface area contributed by atoms with Gasteiger partial charge in [0.15, 0.2) is 5.75 Å². The van der Waals surface area contributed by atoms with Gasteiger partial charge in [0.05, 0.1) is 5.56 Å². The molecular weight excluding hydrogens is 220 g/mol. The van der Waals surface area contributed by atoms with Gasteiger partial charge in [-0.2, -0.15) is 0 Å². The Balaban J connectivity index is 3.17. The first-order valence-electron chi connectivity index (χ1n) is 2.74. The molecule has 60 valence electrons. The number of hydrogen-bond donors (Lipinski definition) is 1. The summed E-state index contributed by atoms with van der Waals surface area (Å²) in [5, 5.41) is 8.98. The molecule has 0 fully saturated rings. The Morgan fingerprint density at radius 3 is 2.64 bits per heavy atom. The zero-order valence-electron chi connectivity index (χ0n) is 5.26. The van der Waals surface area contributed by atoms with Crippen LogP contribution in [0, 0.1) is 0 Å². The second-order valence-electron chi connectivity index (χ2n) is 1.84. The molecule has 1 N–H and O–H groups in total. The third-order valence-electron chi connectivity index (χ3n) is 1.15. The quantitative estimate of drug-likeness (QED) is 0.743. The highest BCUT2D eigenvalue weighted by Gasteiger charge is 2.14. The van der Waals surface area contributed by atoms with Crippen LogP contribution in [0.5, 0.6) is 5.75 Å². The van der Waals surface area contributed by atoms with E-state index in [1.54, 1.807) is 0 Å². The molecule has 1 aromatic rings. The fourth-order valence-electron chi connectivity index (χ4n) is 0.618. The summed E-state index contributed by atoms with van der Waals surface area (Å²) in [6.07, 6.45) is -1.47. The summed E-state index contributed by atoms with van der Waals surface area (Å²) in [7, 11) is 0. The molecule has 2 nitrogen and oxygen atoms in total. The molecule has 0 radical (unpaired) electrons. The van der Waals surface area contributed by atoms with E-state index in [2.05, 4.69) is 20.9 Å². The van der Waals surface area contributed by atoms with E-state index in [1.807, 2.05) is 0 Å². The van der Waals surface area contributed by atoms with Gasteiger partial charge in [-0.15, -0.1) is 0 Å². The molecule has 0 saturated heterocycles. The third-order valence-corrected chi connectivity index (χ3v) is 1.73. The van der Waals surface area contributed by atoms with Crippen LogP contribution in [-0.4, -0.2) is 10.1 Å². The van der Waals surface area contributed by atoms with Crippen LogP contribution in [0.1, 0.15) is 12.0 Å². The van der Waals surface area contributed by atoms with Gasteiger partial charge in [-0.25, -0.2) is 13.8 Å². The highest BCUT2D eigenvalue weighted by atomic mass is 79.9. The molecular formula is C6H4BrF2NO. The Kier molecular flexibility index (Phi) is 2.38. The van der Waals surface area contributed by atoms with E-state index in [0.29, 0.717) is 0 Å². The minimum Gasteiger partial charge on any atom is -0.505 e. The molecule has 0 spiro atoms. The van der Waals surface area contributed by atoms with Crippen LogP contribution in [0.4, 0.5) is 8.78 Å². The number of aromatic nitrogens is 1. The van der Waals surface area contributed by atoms with Gasteiger partial charge in [0.25, 0.3) is 6.43 Å². The lowest BCUT2D eigenvalue weighted by atomic mass is 10.2. The van der Waals surface area contributed by atoms with Crippen molar-refractivity contribution >= 4 is 15.9 Å². The van der Waals surface area contributed by atoms with Crippen LogP contribution in [0.2, 0.25) is 0 Å². The van der Waals surface area contributed by atoms with Crippen molar-refractivity contribution in [3.63, 3.8) is 0 Å². The van der Waals surface area contributed by atoms with Crippen molar-refractivity contribution in [2.24, 2.45) is 0 Å². The topological polar surface area (TPSA) is 33.1 Å². The minimum atomic E-state index is -2.67. The number of rotatable bonds is 1. The summed E-state index contributed by atoms with van der Waals surface area (Å²) in [6.45, 7) is 0. The van der Waals surface area contributed by atoms with E-state index in [1.165, 1.54) is 6.20 Å². The Bertz CT molecular complexity index is 267. The Morgan fingerprint density at radius 1 is 1.55 bits per heavy atom. The maximum Gasteiger partial charge on any atom is 0.267 e. The summed E-state index contributed by atoms with van der Waals surface area (Å²) >= 11 is 2.82. The third kappa shape index (κ3) is 1.65. The second-order valence-corrected chi connectivity index (χ2v) is 2.59. The Morgan fingerprint density at radius 2 is 2.18 bits per heavy atom. The molecule has 0 bridgehead atoms. The fraction of sp³-hybridized carbons (Fsp3) is 0.167.